The van der Waals surface area contributed by atoms with Gasteiger partial charge in [0.2, 0.25) is 0 Å². The third-order valence-electron chi connectivity index (χ3n) is 4.98. The fraction of sp³-hybridized carbons (Fsp3) is 0.316. The predicted octanol–water partition coefficient (Wildman–Crippen LogP) is 4.20. The van der Waals surface area contributed by atoms with Gasteiger partial charge in [-0.1, -0.05) is 36.2 Å². The summed E-state index contributed by atoms with van der Waals surface area (Å²) >= 11 is 6.16. The zero-order valence-corrected chi connectivity index (χ0v) is 13.5. The normalized spacial score (nSPS) is 25.2. The fourth-order valence-corrected chi connectivity index (χ4v) is 4.08. The number of carbonyl (C=O) groups excluding carboxylic acids is 1. The highest BCUT2D eigenvalue weighted by Crippen LogP contribution is 2.44. The number of halogens is 1. The first-order valence-electron chi connectivity index (χ1n) is 8.14. The molecule has 2 aromatic rings. The first kappa shape index (κ1) is 14.6. The minimum atomic E-state index is 0.00652. The van der Waals surface area contributed by atoms with Gasteiger partial charge >= 0.3 is 0 Å². The number of fused-ring (bicyclic) bond motifs is 3. The van der Waals surface area contributed by atoms with Crippen molar-refractivity contribution in [2.45, 2.75) is 37.3 Å². The van der Waals surface area contributed by atoms with Crippen LogP contribution in [-0.4, -0.2) is 18.0 Å². The van der Waals surface area contributed by atoms with Crippen LogP contribution in [0, 0.1) is 0 Å². The molecule has 4 rings (SSSR count). The largest absolute Gasteiger partial charge is 0.379 e. The van der Waals surface area contributed by atoms with Crippen molar-refractivity contribution in [3.8, 4) is 0 Å². The van der Waals surface area contributed by atoms with E-state index in [1.165, 1.54) is 5.56 Å². The molecule has 2 unspecified atom stereocenters. The van der Waals surface area contributed by atoms with Crippen molar-refractivity contribution >= 4 is 23.2 Å². The quantitative estimate of drug-likeness (QED) is 0.868. The Morgan fingerprint density at radius 1 is 1.13 bits per heavy atom. The summed E-state index contributed by atoms with van der Waals surface area (Å²) in [5, 5.41) is 7.60. The Hall–Kier alpha value is -2.00. The lowest BCUT2D eigenvalue weighted by molar-refractivity contribution is 0.0921. The van der Waals surface area contributed by atoms with Crippen LogP contribution in [-0.2, 0) is 0 Å². The molecule has 1 heterocycles. The lowest BCUT2D eigenvalue weighted by Gasteiger charge is -2.34. The van der Waals surface area contributed by atoms with E-state index in [9.17, 15) is 4.79 Å². The molecule has 0 bridgehead atoms. The van der Waals surface area contributed by atoms with E-state index in [1.54, 1.807) is 0 Å². The van der Waals surface area contributed by atoms with Crippen molar-refractivity contribution in [3.63, 3.8) is 0 Å². The second-order valence-corrected chi connectivity index (χ2v) is 6.82. The topological polar surface area (TPSA) is 41.1 Å². The molecule has 0 radical (unpaired) electrons. The number of hydrogen-bond acceptors (Lipinski definition) is 2. The van der Waals surface area contributed by atoms with Crippen molar-refractivity contribution in [3.05, 3.63) is 64.7 Å². The zero-order valence-electron chi connectivity index (χ0n) is 12.8. The molecule has 0 spiro atoms. The molecule has 1 fully saturated rings. The van der Waals surface area contributed by atoms with E-state index >= 15 is 0 Å². The molecule has 23 heavy (non-hydrogen) atoms. The SMILES string of the molecule is O=C(N[C@@H]1CCCC2c3cc(Cl)ccc3NC21)c1ccccc1. The molecule has 3 atom stereocenters. The molecule has 0 aromatic heterocycles. The number of rotatable bonds is 2. The fourth-order valence-electron chi connectivity index (χ4n) is 3.90. The van der Waals surface area contributed by atoms with Crippen LogP contribution in [0.25, 0.3) is 0 Å². The summed E-state index contributed by atoms with van der Waals surface area (Å²) in [5.74, 6) is 0.436. The van der Waals surface area contributed by atoms with Crippen molar-refractivity contribution in [2.24, 2.45) is 0 Å². The Morgan fingerprint density at radius 3 is 2.78 bits per heavy atom. The van der Waals surface area contributed by atoms with E-state index in [0.29, 0.717) is 11.5 Å². The van der Waals surface area contributed by atoms with Crippen LogP contribution in [0.5, 0.6) is 0 Å². The molecule has 1 amide bonds. The molecule has 1 aliphatic carbocycles. The predicted molar refractivity (Wildman–Crippen MR) is 93.2 cm³/mol. The van der Waals surface area contributed by atoms with Gasteiger partial charge in [0.05, 0.1) is 6.04 Å². The molecule has 3 nitrogen and oxygen atoms in total. The summed E-state index contributed by atoms with van der Waals surface area (Å²) in [6.07, 6.45) is 3.27. The zero-order chi connectivity index (χ0) is 15.8. The number of anilines is 1. The third-order valence-corrected chi connectivity index (χ3v) is 5.22. The number of nitrogens with one attached hydrogen (secondary N) is 2. The van der Waals surface area contributed by atoms with Crippen molar-refractivity contribution in [2.75, 3.05) is 5.32 Å². The Bertz CT molecular complexity index is 731. The van der Waals surface area contributed by atoms with Crippen LogP contribution in [0.3, 0.4) is 0 Å². The van der Waals surface area contributed by atoms with Crippen molar-refractivity contribution in [1.29, 1.82) is 0 Å². The van der Waals surface area contributed by atoms with Gasteiger partial charge < -0.3 is 10.6 Å². The maximum atomic E-state index is 12.5. The average Bonchev–Trinajstić information content (AvgIpc) is 2.95. The van der Waals surface area contributed by atoms with Gasteiger partial charge in [-0.3, -0.25) is 4.79 Å². The summed E-state index contributed by atoms with van der Waals surface area (Å²) in [6.45, 7) is 0. The summed E-state index contributed by atoms with van der Waals surface area (Å²) in [7, 11) is 0. The van der Waals surface area contributed by atoms with Gasteiger partial charge in [0, 0.05) is 28.2 Å². The summed E-state index contributed by atoms with van der Waals surface area (Å²) < 4.78 is 0. The Kier molecular flexibility index (Phi) is 3.74. The number of hydrogen-bond donors (Lipinski definition) is 2. The maximum absolute atomic E-state index is 12.5. The van der Waals surface area contributed by atoms with Gasteiger partial charge in [0.15, 0.2) is 0 Å². The monoisotopic (exact) mass is 326 g/mol. The van der Waals surface area contributed by atoms with E-state index in [2.05, 4.69) is 16.7 Å². The standard InChI is InChI=1S/C19H19ClN2O/c20-13-9-10-16-15(11-13)14-7-4-8-17(18(14)21-16)22-19(23)12-5-2-1-3-6-12/h1-3,5-6,9-11,14,17-18,21H,4,7-8H2,(H,22,23)/t14?,17-,18?/m1/s1. The van der Waals surface area contributed by atoms with E-state index in [4.69, 9.17) is 11.6 Å². The Morgan fingerprint density at radius 2 is 1.96 bits per heavy atom. The van der Waals surface area contributed by atoms with Gasteiger partial charge in [-0.2, -0.15) is 0 Å². The molecule has 2 N–H and O–H groups in total. The minimum Gasteiger partial charge on any atom is -0.379 e. The van der Waals surface area contributed by atoms with Crippen LogP contribution in [0.2, 0.25) is 5.02 Å². The molecule has 1 aliphatic heterocycles. The van der Waals surface area contributed by atoms with Gasteiger partial charge in [-0.25, -0.2) is 0 Å². The molecule has 4 heteroatoms. The highest BCUT2D eigenvalue weighted by molar-refractivity contribution is 6.30. The Labute approximate surface area is 141 Å². The molecular formula is C19H19ClN2O. The van der Waals surface area contributed by atoms with E-state index in [-0.39, 0.29) is 18.0 Å². The molecular weight excluding hydrogens is 308 g/mol. The summed E-state index contributed by atoms with van der Waals surface area (Å²) in [6, 6.07) is 15.8. The van der Waals surface area contributed by atoms with Gasteiger partial charge in [0.1, 0.15) is 0 Å². The highest BCUT2D eigenvalue weighted by atomic mass is 35.5. The van der Waals surface area contributed by atoms with Crippen molar-refractivity contribution in [1.82, 2.24) is 5.32 Å². The molecule has 1 saturated carbocycles. The summed E-state index contributed by atoms with van der Waals surface area (Å²) in [5.41, 5.74) is 3.17. The van der Waals surface area contributed by atoms with Crippen LogP contribution >= 0.6 is 11.6 Å². The minimum absolute atomic E-state index is 0.00652. The third kappa shape index (κ3) is 2.70. The molecule has 2 aromatic carbocycles. The summed E-state index contributed by atoms with van der Waals surface area (Å²) in [4.78, 5) is 12.5. The van der Waals surface area contributed by atoms with E-state index in [1.807, 2.05) is 42.5 Å². The molecule has 0 saturated heterocycles. The van der Waals surface area contributed by atoms with Crippen LogP contribution in [0.4, 0.5) is 5.69 Å². The van der Waals surface area contributed by atoms with Crippen molar-refractivity contribution < 1.29 is 4.79 Å². The number of benzene rings is 2. The van der Waals surface area contributed by atoms with E-state index < -0.39 is 0 Å². The molecule has 2 aliphatic rings. The van der Waals surface area contributed by atoms with Crippen LogP contribution in [0.15, 0.2) is 48.5 Å². The first-order valence-corrected chi connectivity index (χ1v) is 8.52. The number of carbonyl (C=O) groups is 1. The Balaban J connectivity index is 1.54. The highest BCUT2D eigenvalue weighted by Gasteiger charge is 2.40. The van der Waals surface area contributed by atoms with Crippen LogP contribution in [0.1, 0.15) is 41.1 Å². The smallest absolute Gasteiger partial charge is 0.251 e. The second kappa shape index (κ2) is 5.89. The average molecular weight is 327 g/mol. The lowest BCUT2D eigenvalue weighted by atomic mass is 9.79. The maximum Gasteiger partial charge on any atom is 0.251 e. The van der Waals surface area contributed by atoms with Gasteiger partial charge in [-0.15, -0.1) is 0 Å². The van der Waals surface area contributed by atoms with E-state index in [0.717, 1.165) is 30.0 Å². The van der Waals surface area contributed by atoms with Gasteiger partial charge in [-0.05, 0) is 48.7 Å². The number of amides is 1. The molecule has 118 valence electrons. The van der Waals surface area contributed by atoms with Gasteiger partial charge in [0.25, 0.3) is 5.91 Å². The van der Waals surface area contributed by atoms with Crippen LogP contribution < -0.4 is 10.6 Å². The lowest BCUT2D eigenvalue weighted by Crippen LogP contribution is -2.49. The second-order valence-electron chi connectivity index (χ2n) is 6.39. The first-order chi connectivity index (χ1) is 11.2.